The third-order valence-corrected chi connectivity index (χ3v) is 3.76. The van der Waals surface area contributed by atoms with Crippen LogP contribution >= 0.6 is 0 Å². The van der Waals surface area contributed by atoms with Gasteiger partial charge in [0.1, 0.15) is 0 Å². The van der Waals surface area contributed by atoms with Crippen molar-refractivity contribution in [2.24, 2.45) is 0 Å². The number of carboxylic acids is 1. The highest BCUT2D eigenvalue weighted by atomic mass is 16.5. The van der Waals surface area contributed by atoms with Crippen LogP contribution in [0.2, 0.25) is 0 Å². The Morgan fingerprint density at radius 2 is 2.25 bits per heavy atom. The predicted molar refractivity (Wildman–Crippen MR) is 76.1 cm³/mol. The maximum absolute atomic E-state index is 11.3. The number of aromatic nitrogens is 1. The molecular weight excluding hydrogens is 256 g/mol. The normalized spacial score (nSPS) is 20.4. The number of rotatable bonds is 3. The molecule has 1 aliphatic rings. The van der Waals surface area contributed by atoms with Crippen molar-refractivity contribution in [3.05, 3.63) is 36.0 Å². The molecule has 0 bridgehead atoms. The first-order chi connectivity index (χ1) is 9.65. The van der Waals surface area contributed by atoms with Gasteiger partial charge in [0.15, 0.2) is 0 Å². The smallest absolute Gasteiger partial charge is 0.337 e. The first-order valence-electron chi connectivity index (χ1n) is 6.76. The van der Waals surface area contributed by atoms with E-state index in [9.17, 15) is 9.90 Å². The lowest BCUT2D eigenvalue weighted by atomic mass is 10.2. The molecule has 2 aromatic rings. The Labute approximate surface area is 117 Å². The summed E-state index contributed by atoms with van der Waals surface area (Å²) in [5.41, 5.74) is 1.30. The fourth-order valence-electron chi connectivity index (χ4n) is 2.76. The monoisotopic (exact) mass is 274 g/mol. The summed E-state index contributed by atoms with van der Waals surface area (Å²) in [4.78, 5) is 13.6. The lowest BCUT2D eigenvalue weighted by molar-refractivity contribution is -0.0269. The summed E-state index contributed by atoms with van der Waals surface area (Å²) in [6.45, 7) is 3.22. The van der Waals surface area contributed by atoms with Crippen molar-refractivity contribution in [3.8, 4) is 0 Å². The molecule has 0 aliphatic carbocycles. The van der Waals surface area contributed by atoms with Crippen molar-refractivity contribution in [2.75, 3.05) is 26.7 Å². The van der Waals surface area contributed by atoms with Gasteiger partial charge >= 0.3 is 5.97 Å². The fraction of sp³-hybridized carbons (Fsp3) is 0.400. The topological polar surface area (TPSA) is 54.7 Å². The van der Waals surface area contributed by atoms with Crippen LogP contribution in [0.4, 0.5) is 0 Å². The summed E-state index contributed by atoms with van der Waals surface area (Å²) >= 11 is 0. The van der Waals surface area contributed by atoms with Crippen LogP contribution in [0.3, 0.4) is 0 Å². The average Bonchev–Trinajstić information content (AvgIpc) is 2.78. The summed E-state index contributed by atoms with van der Waals surface area (Å²) in [6, 6.07) is 7.60. The molecule has 1 fully saturated rings. The zero-order chi connectivity index (χ0) is 14.1. The van der Waals surface area contributed by atoms with E-state index in [-0.39, 0.29) is 6.10 Å². The lowest BCUT2D eigenvalue weighted by Crippen LogP contribution is -2.41. The Morgan fingerprint density at radius 3 is 3.00 bits per heavy atom. The van der Waals surface area contributed by atoms with Gasteiger partial charge in [-0.3, -0.25) is 0 Å². The van der Waals surface area contributed by atoms with Crippen LogP contribution in [0, 0.1) is 0 Å². The van der Waals surface area contributed by atoms with Crippen molar-refractivity contribution in [1.82, 2.24) is 9.47 Å². The Morgan fingerprint density at radius 1 is 1.45 bits per heavy atom. The molecule has 1 saturated heterocycles. The minimum atomic E-state index is -0.887. The molecule has 0 spiro atoms. The Hall–Kier alpha value is -1.85. The molecule has 0 saturated carbocycles. The molecule has 1 atom stereocenters. The number of fused-ring (bicyclic) bond motifs is 1. The number of hydrogen-bond acceptors (Lipinski definition) is 3. The maximum Gasteiger partial charge on any atom is 0.337 e. The van der Waals surface area contributed by atoms with Gasteiger partial charge in [-0.05, 0) is 13.1 Å². The molecule has 5 nitrogen and oxygen atoms in total. The van der Waals surface area contributed by atoms with Gasteiger partial charge in [-0.2, -0.15) is 0 Å². The number of likely N-dealkylation sites (N-methyl/N-ethyl adjacent to an activating group) is 1. The molecule has 1 aromatic carbocycles. The number of carboxylic acid groups (broad SMARTS) is 1. The second-order valence-electron chi connectivity index (χ2n) is 5.27. The number of ether oxygens (including phenoxy) is 1. The second kappa shape index (κ2) is 5.26. The molecular formula is C15H18N2O3. The van der Waals surface area contributed by atoms with Crippen LogP contribution in [0.5, 0.6) is 0 Å². The maximum atomic E-state index is 11.3. The quantitative estimate of drug-likeness (QED) is 0.925. The zero-order valence-electron chi connectivity index (χ0n) is 11.5. The van der Waals surface area contributed by atoms with Crippen LogP contribution in [-0.4, -0.2) is 53.4 Å². The highest BCUT2D eigenvalue weighted by Crippen LogP contribution is 2.22. The minimum Gasteiger partial charge on any atom is -0.478 e. The van der Waals surface area contributed by atoms with Crippen LogP contribution in [0.1, 0.15) is 10.4 Å². The molecule has 1 unspecified atom stereocenters. The summed E-state index contributed by atoms with van der Waals surface area (Å²) in [6.07, 6.45) is 1.82. The lowest BCUT2D eigenvalue weighted by Gasteiger charge is -2.30. The van der Waals surface area contributed by atoms with E-state index < -0.39 is 5.97 Å². The molecule has 0 radical (unpaired) electrons. The van der Waals surface area contributed by atoms with Crippen LogP contribution in [0.15, 0.2) is 30.5 Å². The number of hydrogen-bond donors (Lipinski definition) is 1. The van der Waals surface area contributed by atoms with E-state index >= 15 is 0 Å². The van der Waals surface area contributed by atoms with Crippen LogP contribution in [-0.2, 0) is 11.3 Å². The van der Waals surface area contributed by atoms with Gasteiger partial charge < -0.3 is 19.3 Å². The second-order valence-corrected chi connectivity index (χ2v) is 5.27. The minimum absolute atomic E-state index is 0.103. The van der Waals surface area contributed by atoms with Crippen LogP contribution < -0.4 is 0 Å². The Bertz CT molecular complexity index is 635. The molecule has 0 amide bonds. The highest BCUT2D eigenvalue weighted by Gasteiger charge is 2.20. The predicted octanol–water partition coefficient (Wildman–Crippen LogP) is 1.67. The van der Waals surface area contributed by atoms with Gasteiger partial charge in [0.25, 0.3) is 0 Å². The van der Waals surface area contributed by atoms with Gasteiger partial charge in [0.2, 0.25) is 0 Å². The van der Waals surface area contributed by atoms with Gasteiger partial charge in [-0.1, -0.05) is 18.2 Å². The van der Waals surface area contributed by atoms with E-state index in [4.69, 9.17) is 4.74 Å². The van der Waals surface area contributed by atoms with E-state index in [1.54, 1.807) is 6.20 Å². The Kier molecular flexibility index (Phi) is 3.46. The molecule has 106 valence electrons. The van der Waals surface area contributed by atoms with E-state index in [1.165, 1.54) is 0 Å². The standard InChI is InChI=1S/C15H18N2O3/c1-16-6-7-20-11(8-16)9-17-10-13(15(18)19)12-4-2-3-5-14(12)17/h2-5,10-11H,6-9H2,1H3,(H,18,19). The SMILES string of the molecule is CN1CCOC(Cn2cc(C(=O)O)c3ccccc32)C1. The van der Waals surface area contributed by atoms with Crippen molar-refractivity contribution in [3.63, 3.8) is 0 Å². The van der Waals surface area contributed by atoms with Gasteiger partial charge in [0, 0.05) is 30.2 Å². The largest absolute Gasteiger partial charge is 0.478 e. The molecule has 20 heavy (non-hydrogen) atoms. The van der Waals surface area contributed by atoms with Crippen molar-refractivity contribution < 1.29 is 14.6 Å². The van der Waals surface area contributed by atoms with Gasteiger partial charge in [-0.25, -0.2) is 4.79 Å². The molecule has 3 rings (SSSR count). The first-order valence-corrected chi connectivity index (χ1v) is 6.76. The van der Waals surface area contributed by atoms with E-state index in [2.05, 4.69) is 11.9 Å². The van der Waals surface area contributed by atoms with Crippen molar-refractivity contribution >= 4 is 16.9 Å². The number of para-hydroxylation sites is 1. The third-order valence-electron chi connectivity index (χ3n) is 3.76. The average molecular weight is 274 g/mol. The number of carbonyl (C=O) groups is 1. The molecule has 1 aliphatic heterocycles. The summed E-state index contributed by atoms with van der Waals surface area (Å²) in [7, 11) is 2.08. The molecule has 2 heterocycles. The van der Waals surface area contributed by atoms with Crippen molar-refractivity contribution in [2.45, 2.75) is 12.6 Å². The van der Waals surface area contributed by atoms with Gasteiger partial charge in [-0.15, -0.1) is 0 Å². The molecule has 1 aromatic heterocycles. The van der Waals surface area contributed by atoms with Gasteiger partial charge in [0.05, 0.1) is 24.8 Å². The number of morpholine rings is 1. The van der Waals surface area contributed by atoms with E-state index in [0.717, 1.165) is 30.6 Å². The molecule has 1 N–H and O–H groups in total. The first kappa shape index (κ1) is 13.1. The Balaban J connectivity index is 1.93. The summed E-state index contributed by atoms with van der Waals surface area (Å²) < 4.78 is 7.75. The van der Waals surface area contributed by atoms with Crippen LogP contribution in [0.25, 0.3) is 10.9 Å². The summed E-state index contributed by atoms with van der Waals surface area (Å²) in [5, 5.41) is 10.1. The third kappa shape index (κ3) is 2.42. The van der Waals surface area contributed by atoms with E-state index in [0.29, 0.717) is 12.1 Å². The van der Waals surface area contributed by atoms with E-state index in [1.807, 2.05) is 28.8 Å². The number of benzene rings is 1. The summed E-state index contributed by atoms with van der Waals surface area (Å²) in [5.74, 6) is -0.887. The zero-order valence-corrected chi connectivity index (χ0v) is 11.5. The number of aromatic carboxylic acids is 1. The molecule has 5 heteroatoms. The highest BCUT2D eigenvalue weighted by molar-refractivity contribution is 6.03. The van der Waals surface area contributed by atoms with Crippen molar-refractivity contribution in [1.29, 1.82) is 0 Å². The fourth-order valence-corrected chi connectivity index (χ4v) is 2.76. The number of nitrogens with zero attached hydrogens (tertiary/aromatic N) is 2.